The number of nitrogens with zero attached hydrogens (tertiary/aromatic N) is 1. The van der Waals surface area contributed by atoms with Crippen LogP contribution in [0, 0.1) is 6.07 Å². The summed E-state index contributed by atoms with van der Waals surface area (Å²) in [6.07, 6.45) is 0. The molecular formula is C16H14BrN4O2. The molecule has 1 aliphatic rings. The van der Waals surface area contributed by atoms with Crippen molar-refractivity contribution in [2.45, 2.75) is 0 Å². The second-order valence-electron chi connectivity index (χ2n) is 4.92. The molecule has 6 nitrogen and oxygen atoms in total. The van der Waals surface area contributed by atoms with E-state index in [-0.39, 0.29) is 0 Å². The maximum Gasteiger partial charge on any atom is 0.330 e. The average molecular weight is 374 g/mol. The van der Waals surface area contributed by atoms with E-state index in [2.05, 4.69) is 37.9 Å². The van der Waals surface area contributed by atoms with E-state index < -0.39 is 12.1 Å². The fourth-order valence-electron chi connectivity index (χ4n) is 2.33. The van der Waals surface area contributed by atoms with Gasteiger partial charge in [-0.15, -0.1) is 0 Å². The van der Waals surface area contributed by atoms with Crippen molar-refractivity contribution in [3.05, 3.63) is 53.0 Å². The van der Waals surface area contributed by atoms with E-state index in [0.717, 1.165) is 15.8 Å². The lowest BCUT2D eigenvalue weighted by atomic mass is 10.2. The average Bonchev–Trinajstić information content (AvgIpc) is 2.54. The van der Waals surface area contributed by atoms with Crippen LogP contribution in [-0.2, 0) is 0 Å². The molecule has 0 spiro atoms. The maximum absolute atomic E-state index is 12.3. The molecular weight excluding hydrogens is 360 g/mol. The van der Waals surface area contributed by atoms with Gasteiger partial charge in [-0.1, -0.05) is 28.1 Å². The molecule has 23 heavy (non-hydrogen) atoms. The van der Waals surface area contributed by atoms with Crippen LogP contribution in [0.25, 0.3) is 0 Å². The van der Waals surface area contributed by atoms with Gasteiger partial charge in [-0.25, -0.2) is 9.59 Å². The smallest absolute Gasteiger partial charge is 0.330 e. The van der Waals surface area contributed by atoms with E-state index in [1.54, 1.807) is 36.4 Å². The number of hydrogen-bond donors (Lipinski definition) is 3. The summed E-state index contributed by atoms with van der Waals surface area (Å²) < 4.78 is 0.842. The molecule has 0 bridgehead atoms. The van der Waals surface area contributed by atoms with Crippen LogP contribution >= 0.6 is 15.9 Å². The third-order valence-electron chi connectivity index (χ3n) is 3.33. The van der Waals surface area contributed by atoms with Crippen molar-refractivity contribution in [2.24, 2.45) is 0 Å². The molecule has 1 heterocycles. The highest BCUT2D eigenvalue weighted by Crippen LogP contribution is 2.28. The first-order valence-electron chi connectivity index (χ1n) is 7.02. The minimum absolute atomic E-state index is 0.466. The topological polar surface area (TPSA) is 73.5 Å². The minimum Gasteiger partial charge on any atom is -0.382 e. The molecule has 0 unspecified atom stereocenters. The van der Waals surface area contributed by atoms with Gasteiger partial charge >= 0.3 is 12.1 Å². The van der Waals surface area contributed by atoms with Crippen LogP contribution in [0.1, 0.15) is 0 Å². The van der Waals surface area contributed by atoms with Crippen LogP contribution in [-0.4, -0.2) is 25.2 Å². The quantitative estimate of drug-likeness (QED) is 0.716. The molecule has 0 fully saturated rings. The third kappa shape index (κ3) is 3.62. The minimum atomic E-state index is -0.573. The number of fused-ring (bicyclic) bond motifs is 1. The molecule has 1 aliphatic heterocycles. The molecule has 2 aromatic rings. The molecule has 117 valence electrons. The summed E-state index contributed by atoms with van der Waals surface area (Å²) in [6, 6.07) is 14.3. The van der Waals surface area contributed by atoms with Gasteiger partial charge in [0.25, 0.3) is 0 Å². The van der Waals surface area contributed by atoms with E-state index in [1.165, 1.54) is 4.90 Å². The number of anilines is 3. The third-order valence-corrected chi connectivity index (χ3v) is 3.82. The number of amides is 4. The fourth-order valence-corrected chi connectivity index (χ4v) is 2.73. The summed E-state index contributed by atoms with van der Waals surface area (Å²) in [5.41, 5.74) is 2.14. The van der Waals surface area contributed by atoms with Gasteiger partial charge in [-0.3, -0.25) is 10.2 Å². The highest BCUT2D eigenvalue weighted by molar-refractivity contribution is 9.10. The Labute approximate surface area is 142 Å². The molecule has 3 rings (SSSR count). The second-order valence-corrected chi connectivity index (χ2v) is 5.83. The summed E-state index contributed by atoms with van der Waals surface area (Å²) in [6.45, 7) is 1.10. The molecule has 0 saturated carbocycles. The van der Waals surface area contributed by atoms with E-state index in [4.69, 9.17) is 0 Å². The Morgan fingerprint density at radius 2 is 2.17 bits per heavy atom. The van der Waals surface area contributed by atoms with E-state index >= 15 is 0 Å². The first kappa shape index (κ1) is 15.4. The Bertz CT molecular complexity index is 750. The van der Waals surface area contributed by atoms with Gasteiger partial charge in [0.2, 0.25) is 0 Å². The summed E-state index contributed by atoms with van der Waals surface area (Å²) in [5, 5.41) is 8.16. The van der Waals surface area contributed by atoms with Gasteiger partial charge in [-0.2, -0.15) is 0 Å². The maximum atomic E-state index is 12.3. The van der Waals surface area contributed by atoms with Crippen molar-refractivity contribution in [1.29, 1.82) is 0 Å². The lowest BCUT2D eigenvalue weighted by Crippen LogP contribution is -2.48. The standard InChI is InChI=1S/C16H14BrN4O2/c17-11-4-3-5-12(10-11)19-15(22)20-16(23)21-9-8-18-13-6-1-2-7-14(13)21/h2-7,10,18H,8-9H2,(H2,19,20,22,23). The molecule has 7 heteroatoms. The lowest BCUT2D eigenvalue weighted by Gasteiger charge is -2.29. The summed E-state index contributed by atoms with van der Waals surface area (Å²) in [7, 11) is 0. The summed E-state index contributed by atoms with van der Waals surface area (Å²) in [4.78, 5) is 25.8. The van der Waals surface area contributed by atoms with Crippen LogP contribution in [0.15, 0.2) is 46.9 Å². The predicted molar refractivity (Wildman–Crippen MR) is 92.8 cm³/mol. The monoisotopic (exact) mass is 373 g/mol. The number of nitrogens with one attached hydrogen (secondary N) is 3. The fraction of sp³-hybridized carbons (Fsp3) is 0.125. The Balaban J connectivity index is 1.67. The molecule has 0 saturated heterocycles. The largest absolute Gasteiger partial charge is 0.382 e. The van der Waals surface area contributed by atoms with Crippen LogP contribution in [0.3, 0.4) is 0 Å². The SMILES string of the molecule is O=C(NC(=O)N1CCNc2c[c]ccc21)Nc1cccc(Br)c1. The van der Waals surface area contributed by atoms with Crippen molar-refractivity contribution < 1.29 is 9.59 Å². The molecule has 0 atom stereocenters. The number of carbonyl (C=O) groups excluding carboxylic acids is 2. The number of benzene rings is 2. The van der Waals surface area contributed by atoms with Gasteiger partial charge in [0, 0.05) is 23.2 Å². The molecule has 1 radical (unpaired) electrons. The van der Waals surface area contributed by atoms with Gasteiger partial charge in [0.15, 0.2) is 0 Å². The number of hydrogen-bond acceptors (Lipinski definition) is 3. The highest BCUT2D eigenvalue weighted by Gasteiger charge is 2.23. The summed E-state index contributed by atoms with van der Waals surface area (Å²) in [5.74, 6) is 0. The van der Waals surface area contributed by atoms with E-state index in [1.807, 2.05) is 6.07 Å². The predicted octanol–water partition coefficient (Wildman–Crippen LogP) is 3.42. The zero-order valence-electron chi connectivity index (χ0n) is 12.1. The van der Waals surface area contributed by atoms with Crippen molar-refractivity contribution in [1.82, 2.24) is 5.32 Å². The summed E-state index contributed by atoms with van der Waals surface area (Å²) >= 11 is 3.33. The first-order valence-corrected chi connectivity index (χ1v) is 7.82. The first-order chi connectivity index (χ1) is 11.1. The number of rotatable bonds is 1. The van der Waals surface area contributed by atoms with Crippen LogP contribution in [0.4, 0.5) is 26.7 Å². The Morgan fingerprint density at radius 3 is 3.00 bits per heavy atom. The number of halogens is 1. The van der Waals surface area contributed by atoms with Crippen molar-refractivity contribution in [2.75, 3.05) is 28.6 Å². The number of imide groups is 1. The molecule has 4 amide bonds. The Kier molecular flexibility index (Phi) is 4.47. The normalized spacial score (nSPS) is 12.8. The number of carbonyl (C=O) groups is 2. The number of urea groups is 2. The van der Waals surface area contributed by atoms with Crippen molar-refractivity contribution >= 4 is 45.1 Å². The second kappa shape index (κ2) is 6.70. The zero-order chi connectivity index (χ0) is 16.2. The van der Waals surface area contributed by atoms with Gasteiger partial charge in [-0.05, 0) is 36.4 Å². The van der Waals surface area contributed by atoms with Crippen LogP contribution in [0.5, 0.6) is 0 Å². The molecule has 0 aromatic heterocycles. The van der Waals surface area contributed by atoms with Crippen molar-refractivity contribution in [3.8, 4) is 0 Å². The van der Waals surface area contributed by atoms with Crippen molar-refractivity contribution in [3.63, 3.8) is 0 Å². The highest BCUT2D eigenvalue weighted by atomic mass is 79.9. The van der Waals surface area contributed by atoms with Crippen LogP contribution in [0.2, 0.25) is 0 Å². The van der Waals surface area contributed by atoms with E-state index in [0.29, 0.717) is 18.8 Å². The van der Waals surface area contributed by atoms with Gasteiger partial charge in [0.05, 0.1) is 11.4 Å². The lowest BCUT2D eigenvalue weighted by molar-refractivity contribution is 0.236. The van der Waals surface area contributed by atoms with E-state index in [9.17, 15) is 9.59 Å². The van der Waals surface area contributed by atoms with Gasteiger partial charge < -0.3 is 10.6 Å². The Hall–Kier alpha value is -2.54. The molecule has 0 aliphatic carbocycles. The zero-order valence-corrected chi connectivity index (χ0v) is 13.7. The van der Waals surface area contributed by atoms with Crippen LogP contribution < -0.4 is 20.9 Å². The Morgan fingerprint density at radius 1 is 1.30 bits per heavy atom. The van der Waals surface area contributed by atoms with Gasteiger partial charge in [0.1, 0.15) is 0 Å². The molecule has 2 aromatic carbocycles. The molecule has 3 N–H and O–H groups in total.